The first-order chi connectivity index (χ1) is 12.0. The molecule has 2 aromatic heterocycles. The number of amides is 1. The second kappa shape index (κ2) is 7.44. The highest BCUT2D eigenvalue weighted by Crippen LogP contribution is 2.27. The van der Waals surface area contributed by atoms with Crippen molar-refractivity contribution in [1.29, 1.82) is 0 Å². The van der Waals surface area contributed by atoms with Gasteiger partial charge in [0.25, 0.3) is 0 Å². The van der Waals surface area contributed by atoms with E-state index >= 15 is 0 Å². The van der Waals surface area contributed by atoms with Gasteiger partial charge in [-0.15, -0.1) is 11.3 Å². The molecule has 2 heterocycles. The van der Waals surface area contributed by atoms with Crippen molar-refractivity contribution < 1.29 is 9.53 Å². The van der Waals surface area contributed by atoms with Gasteiger partial charge in [-0.3, -0.25) is 4.79 Å². The van der Waals surface area contributed by atoms with Crippen LogP contribution in [0.2, 0.25) is 0 Å². The number of hydrogen-bond donors (Lipinski definition) is 1. The minimum atomic E-state index is -0.0497. The number of nitrogens with one attached hydrogen (secondary N) is 1. The molecule has 5 nitrogen and oxygen atoms in total. The zero-order valence-corrected chi connectivity index (χ0v) is 15.1. The highest BCUT2D eigenvalue weighted by molar-refractivity contribution is 7.18. The molecule has 1 N–H and O–H groups in total. The van der Waals surface area contributed by atoms with Gasteiger partial charge in [-0.2, -0.15) is 0 Å². The van der Waals surface area contributed by atoms with E-state index in [9.17, 15) is 4.79 Å². The molecule has 25 heavy (non-hydrogen) atoms. The Balaban J connectivity index is 1.67. The fourth-order valence-corrected chi connectivity index (χ4v) is 3.19. The molecule has 0 saturated heterocycles. The molecule has 0 fully saturated rings. The Morgan fingerprint density at radius 3 is 2.88 bits per heavy atom. The minimum absolute atomic E-state index is 0.0262. The van der Waals surface area contributed by atoms with Gasteiger partial charge in [-0.1, -0.05) is 12.2 Å². The highest BCUT2D eigenvalue weighted by atomic mass is 32.1. The zero-order chi connectivity index (χ0) is 17.8. The molecule has 0 aliphatic carbocycles. The van der Waals surface area contributed by atoms with Gasteiger partial charge in [0.2, 0.25) is 11.8 Å². The van der Waals surface area contributed by atoms with E-state index in [1.165, 1.54) is 6.92 Å². The van der Waals surface area contributed by atoms with Crippen LogP contribution in [0.25, 0.3) is 16.3 Å². The molecule has 3 aromatic rings. The third kappa shape index (κ3) is 4.64. The summed E-state index contributed by atoms with van der Waals surface area (Å²) in [5.74, 6) is 1.19. The van der Waals surface area contributed by atoms with Gasteiger partial charge in [0.05, 0.1) is 15.2 Å². The second-order valence-electron chi connectivity index (χ2n) is 5.74. The summed E-state index contributed by atoms with van der Waals surface area (Å²) in [6, 6.07) is 9.57. The lowest BCUT2D eigenvalue weighted by atomic mass is 10.2. The summed E-state index contributed by atoms with van der Waals surface area (Å²) in [5, 5.41) is 3.83. The van der Waals surface area contributed by atoms with Crippen LogP contribution in [0.1, 0.15) is 24.4 Å². The number of hydrogen-bond acceptors (Lipinski definition) is 5. The number of thiazole rings is 1. The number of fused-ring (bicyclic) bond motifs is 1. The maximum absolute atomic E-state index is 11.0. The van der Waals surface area contributed by atoms with Crippen LogP contribution in [-0.4, -0.2) is 21.9 Å². The lowest BCUT2D eigenvalue weighted by Crippen LogP contribution is -2.28. The molecule has 0 spiro atoms. The normalized spacial score (nSPS) is 12.4. The van der Waals surface area contributed by atoms with E-state index in [-0.39, 0.29) is 11.9 Å². The van der Waals surface area contributed by atoms with Gasteiger partial charge in [0.15, 0.2) is 0 Å². The molecule has 0 bridgehead atoms. The maximum Gasteiger partial charge on any atom is 0.219 e. The molecule has 0 aliphatic rings. The van der Waals surface area contributed by atoms with E-state index in [1.54, 1.807) is 17.5 Å². The van der Waals surface area contributed by atoms with Crippen LogP contribution in [0, 0.1) is 6.92 Å². The van der Waals surface area contributed by atoms with Crippen LogP contribution in [0.5, 0.6) is 11.6 Å². The van der Waals surface area contributed by atoms with E-state index < -0.39 is 0 Å². The predicted octanol–water partition coefficient (Wildman–Crippen LogP) is 4.33. The van der Waals surface area contributed by atoms with Crippen molar-refractivity contribution >= 4 is 33.5 Å². The van der Waals surface area contributed by atoms with Crippen LogP contribution >= 0.6 is 11.3 Å². The van der Waals surface area contributed by atoms with E-state index in [1.807, 2.05) is 56.3 Å². The molecule has 0 unspecified atom stereocenters. The highest BCUT2D eigenvalue weighted by Gasteiger charge is 2.04. The van der Waals surface area contributed by atoms with Crippen molar-refractivity contribution in [2.24, 2.45) is 0 Å². The molecule has 1 atom stereocenters. The molecule has 128 valence electrons. The zero-order valence-electron chi connectivity index (χ0n) is 14.3. The summed E-state index contributed by atoms with van der Waals surface area (Å²) in [4.78, 5) is 19.8. The second-order valence-corrected chi connectivity index (χ2v) is 6.98. The first-order valence-electron chi connectivity index (χ1n) is 7.96. The third-order valence-electron chi connectivity index (χ3n) is 3.46. The number of aryl methyl sites for hydroxylation is 1. The van der Waals surface area contributed by atoms with Crippen molar-refractivity contribution in [2.75, 3.05) is 0 Å². The SMILES string of the molecule is CC(=O)N[C@@H](C)/C=C/c1ccc(Oc2ccc3sc(C)nc3c2)nc1. The van der Waals surface area contributed by atoms with Crippen molar-refractivity contribution in [1.82, 2.24) is 15.3 Å². The van der Waals surface area contributed by atoms with Crippen molar-refractivity contribution in [3.8, 4) is 11.6 Å². The standard InChI is InChI=1S/C19H19N3O2S/c1-12(21-13(2)23)4-5-15-6-9-19(20-11-15)24-16-7-8-18-17(10-16)22-14(3)25-18/h4-12H,1-3H3,(H,21,23)/b5-4+/t12-/m0/s1. The summed E-state index contributed by atoms with van der Waals surface area (Å²) < 4.78 is 6.95. The van der Waals surface area contributed by atoms with Gasteiger partial charge in [0.1, 0.15) is 5.75 Å². The molecule has 0 radical (unpaired) electrons. The average molecular weight is 353 g/mol. The number of rotatable bonds is 5. The summed E-state index contributed by atoms with van der Waals surface area (Å²) in [7, 11) is 0. The number of ether oxygens (including phenoxy) is 1. The molecule has 1 amide bonds. The summed E-state index contributed by atoms with van der Waals surface area (Å²) in [5.41, 5.74) is 1.88. The van der Waals surface area contributed by atoms with Crippen LogP contribution in [0.15, 0.2) is 42.6 Å². The van der Waals surface area contributed by atoms with Crippen LogP contribution in [0.4, 0.5) is 0 Å². The molecule has 6 heteroatoms. The smallest absolute Gasteiger partial charge is 0.219 e. The number of nitrogens with zero attached hydrogens (tertiary/aromatic N) is 2. The van der Waals surface area contributed by atoms with Gasteiger partial charge in [-0.05, 0) is 37.6 Å². The van der Waals surface area contributed by atoms with E-state index in [0.717, 1.165) is 20.8 Å². The molecular weight excluding hydrogens is 334 g/mol. The fourth-order valence-electron chi connectivity index (χ4n) is 2.38. The number of aromatic nitrogens is 2. The van der Waals surface area contributed by atoms with Crippen LogP contribution in [0.3, 0.4) is 0 Å². The lowest BCUT2D eigenvalue weighted by molar-refractivity contribution is -0.119. The Morgan fingerprint density at radius 1 is 1.32 bits per heavy atom. The minimum Gasteiger partial charge on any atom is -0.439 e. The number of carbonyl (C=O) groups is 1. The lowest BCUT2D eigenvalue weighted by Gasteiger charge is -2.07. The number of carbonyl (C=O) groups excluding carboxylic acids is 1. The Hall–Kier alpha value is -2.73. The number of benzene rings is 1. The van der Waals surface area contributed by atoms with E-state index in [2.05, 4.69) is 15.3 Å². The first kappa shape index (κ1) is 17.1. The van der Waals surface area contributed by atoms with E-state index in [0.29, 0.717) is 11.6 Å². The molecule has 1 aromatic carbocycles. The quantitative estimate of drug-likeness (QED) is 0.741. The Bertz CT molecular complexity index is 916. The maximum atomic E-state index is 11.0. The van der Waals surface area contributed by atoms with Crippen molar-refractivity contribution in [3.63, 3.8) is 0 Å². The monoisotopic (exact) mass is 353 g/mol. The van der Waals surface area contributed by atoms with Crippen molar-refractivity contribution in [2.45, 2.75) is 26.8 Å². The van der Waals surface area contributed by atoms with Crippen molar-refractivity contribution in [3.05, 3.63) is 53.2 Å². The Morgan fingerprint density at radius 2 is 2.16 bits per heavy atom. The van der Waals surface area contributed by atoms with E-state index in [4.69, 9.17) is 4.74 Å². The van der Waals surface area contributed by atoms with Gasteiger partial charge >= 0.3 is 0 Å². The first-order valence-corrected chi connectivity index (χ1v) is 8.77. The summed E-state index contributed by atoms with van der Waals surface area (Å²) in [6.07, 6.45) is 5.57. The van der Waals surface area contributed by atoms with Gasteiger partial charge < -0.3 is 10.1 Å². The average Bonchev–Trinajstić information content (AvgIpc) is 2.93. The predicted molar refractivity (Wildman–Crippen MR) is 101 cm³/mol. The van der Waals surface area contributed by atoms with Crippen LogP contribution in [-0.2, 0) is 4.79 Å². The Labute approximate surface area is 150 Å². The topological polar surface area (TPSA) is 64.1 Å². The molecule has 0 saturated carbocycles. The largest absolute Gasteiger partial charge is 0.439 e. The number of pyridine rings is 1. The summed E-state index contributed by atoms with van der Waals surface area (Å²) in [6.45, 7) is 5.41. The Kier molecular flexibility index (Phi) is 5.09. The third-order valence-corrected chi connectivity index (χ3v) is 4.41. The van der Waals surface area contributed by atoms with Gasteiger partial charge in [0, 0.05) is 31.3 Å². The fraction of sp³-hybridized carbons (Fsp3) is 0.211. The summed E-state index contributed by atoms with van der Waals surface area (Å²) >= 11 is 1.66. The molecule has 0 aliphatic heterocycles. The van der Waals surface area contributed by atoms with Crippen LogP contribution < -0.4 is 10.1 Å². The molecule has 3 rings (SSSR count). The van der Waals surface area contributed by atoms with Gasteiger partial charge in [-0.25, -0.2) is 9.97 Å². The molecular formula is C19H19N3O2S.